The lowest BCUT2D eigenvalue weighted by atomic mass is 9.64. The monoisotopic (exact) mass is 275 g/mol. The number of esters is 1. The molecular weight excluding hydrogens is 254 g/mol. The van der Waals surface area contributed by atoms with Crippen molar-refractivity contribution in [1.82, 2.24) is 4.90 Å². The summed E-state index contributed by atoms with van der Waals surface area (Å²) >= 11 is 0. The number of hydrogen-bond acceptors (Lipinski definition) is 3. The van der Waals surface area contributed by atoms with Gasteiger partial charge in [-0.15, -0.1) is 0 Å². The van der Waals surface area contributed by atoms with Crippen LogP contribution in [0.25, 0.3) is 0 Å². The zero-order chi connectivity index (χ0) is 13.7. The Morgan fingerprint density at radius 2 is 1.85 bits per heavy atom. The van der Waals surface area contributed by atoms with Gasteiger partial charge in [-0.1, -0.05) is 12.2 Å². The van der Waals surface area contributed by atoms with Crippen molar-refractivity contribution in [3.05, 3.63) is 12.2 Å². The van der Waals surface area contributed by atoms with E-state index in [9.17, 15) is 9.59 Å². The summed E-state index contributed by atoms with van der Waals surface area (Å²) in [6.45, 7) is 2.28. The molecule has 0 N–H and O–H groups in total. The van der Waals surface area contributed by atoms with Crippen molar-refractivity contribution in [3.8, 4) is 0 Å². The standard InChI is InChI=1S/C16H21NO3/c18-15(5-10-6-16(19)20-9-10)17-7-13-11-1-2-12(4-3-11)14(13)8-17/h1-2,10-14H,3-9H2/t10-,11+,12+,13-,14+/m1/s1. The second-order valence-electron chi connectivity index (χ2n) is 6.87. The van der Waals surface area contributed by atoms with Gasteiger partial charge < -0.3 is 9.64 Å². The molecule has 3 fully saturated rings. The van der Waals surface area contributed by atoms with Crippen LogP contribution in [-0.2, 0) is 14.3 Å². The molecule has 0 aromatic carbocycles. The van der Waals surface area contributed by atoms with Crippen molar-refractivity contribution in [1.29, 1.82) is 0 Å². The molecule has 0 spiro atoms. The van der Waals surface area contributed by atoms with E-state index in [-0.39, 0.29) is 17.8 Å². The quantitative estimate of drug-likeness (QED) is 0.568. The minimum atomic E-state index is -0.153. The summed E-state index contributed by atoms with van der Waals surface area (Å²) in [5, 5.41) is 0. The first-order chi connectivity index (χ1) is 9.70. The first-order valence-corrected chi connectivity index (χ1v) is 7.82. The number of rotatable bonds is 2. The fourth-order valence-corrected chi connectivity index (χ4v) is 4.61. The van der Waals surface area contributed by atoms with E-state index in [0.29, 0.717) is 43.1 Å². The molecule has 20 heavy (non-hydrogen) atoms. The number of cyclic esters (lactones) is 1. The van der Waals surface area contributed by atoms with Gasteiger partial charge in [0.25, 0.3) is 0 Å². The summed E-state index contributed by atoms with van der Waals surface area (Å²) < 4.78 is 4.95. The first kappa shape index (κ1) is 12.4. The maximum absolute atomic E-state index is 12.4. The van der Waals surface area contributed by atoms with Gasteiger partial charge in [-0.25, -0.2) is 0 Å². The molecule has 1 amide bonds. The molecule has 2 saturated heterocycles. The topological polar surface area (TPSA) is 46.6 Å². The number of likely N-dealkylation sites (tertiary alicyclic amines) is 1. The highest BCUT2D eigenvalue weighted by Crippen LogP contribution is 2.48. The number of carbonyl (C=O) groups is 2. The van der Waals surface area contributed by atoms with Crippen LogP contribution in [0.2, 0.25) is 0 Å². The van der Waals surface area contributed by atoms with Gasteiger partial charge in [-0.2, -0.15) is 0 Å². The Morgan fingerprint density at radius 3 is 2.35 bits per heavy atom. The van der Waals surface area contributed by atoms with Crippen LogP contribution >= 0.6 is 0 Å². The molecule has 5 aliphatic rings. The van der Waals surface area contributed by atoms with Crippen molar-refractivity contribution >= 4 is 11.9 Å². The summed E-state index contributed by atoms with van der Waals surface area (Å²) in [5.41, 5.74) is 0. The predicted molar refractivity (Wildman–Crippen MR) is 72.6 cm³/mol. The molecular formula is C16H21NO3. The molecule has 2 heterocycles. The van der Waals surface area contributed by atoms with Crippen molar-refractivity contribution in [2.45, 2.75) is 25.7 Å². The summed E-state index contributed by atoms with van der Waals surface area (Å²) in [5.74, 6) is 2.93. The number of ether oxygens (including phenoxy) is 1. The summed E-state index contributed by atoms with van der Waals surface area (Å²) in [6, 6.07) is 0. The van der Waals surface area contributed by atoms with Gasteiger partial charge in [0, 0.05) is 25.4 Å². The fraction of sp³-hybridized carbons (Fsp3) is 0.750. The van der Waals surface area contributed by atoms with E-state index < -0.39 is 0 Å². The first-order valence-electron chi connectivity index (χ1n) is 7.82. The highest BCUT2D eigenvalue weighted by molar-refractivity contribution is 5.79. The van der Waals surface area contributed by atoms with Crippen molar-refractivity contribution in [2.75, 3.05) is 19.7 Å². The van der Waals surface area contributed by atoms with Crippen LogP contribution in [0.4, 0.5) is 0 Å². The molecule has 4 heteroatoms. The van der Waals surface area contributed by atoms with Crippen molar-refractivity contribution in [2.24, 2.45) is 29.6 Å². The third-order valence-electron chi connectivity index (χ3n) is 5.70. The average Bonchev–Trinajstić information content (AvgIpc) is 3.07. The lowest BCUT2D eigenvalue weighted by Gasteiger charge is -2.40. The van der Waals surface area contributed by atoms with Gasteiger partial charge in [0.05, 0.1) is 13.0 Å². The van der Waals surface area contributed by atoms with Gasteiger partial charge >= 0.3 is 5.97 Å². The Hall–Kier alpha value is -1.32. The minimum absolute atomic E-state index is 0.104. The fourth-order valence-electron chi connectivity index (χ4n) is 4.61. The number of allylic oxidation sites excluding steroid dienone is 2. The molecule has 2 bridgehead atoms. The molecule has 0 radical (unpaired) electrons. The van der Waals surface area contributed by atoms with Gasteiger partial charge in [-0.3, -0.25) is 9.59 Å². The minimum Gasteiger partial charge on any atom is -0.465 e. The third kappa shape index (κ3) is 1.97. The maximum Gasteiger partial charge on any atom is 0.306 e. The zero-order valence-corrected chi connectivity index (χ0v) is 11.7. The number of amides is 1. The molecule has 0 aromatic heterocycles. The van der Waals surface area contributed by atoms with E-state index in [4.69, 9.17) is 4.74 Å². The van der Waals surface area contributed by atoms with E-state index in [1.54, 1.807) is 0 Å². The summed E-state index contributed by atoms with van der Waals surface area (Å²) in [6.07, 6.45) is 8.26. The number of hydrogen-bond donors (Lipinski definition) is 0. The second kappa shape index (κ2) is 4.61. The number of fused-ring (bicyclic) bond motifs is 1. The van der Waals surface area contributed by atoms with Crippen LogP contribution in [-0.4, -0.2) is 36.5 Å². The van der Waals surface area contributed by atoms with Crippen LogP contribution < -0.4 is 0 Å². The van der Waals surface area contributed by atoms with Crippen LogP contribution in [0.5, 0.6) is 0 Å². The van der Waals surface area contributed by atoms with Crippen LogP contribution in [0.3, 0.4) is 0 Å². The van der Waals surface area contributed by atoms with Crippen LogP contribution in [0, 0.1) is 29.6 Å². The Balaban J connectivity index is 1.39. The van der Waals surface area contributed by atoms with Crippen molar-refractivity contribution in [3.63, 3.8) is 0 Å². The Kier molecular flexibility index (Phi) is 2.86. The molecule has 1 saturated carbocycles. The lowest BCUT2D eigenvalue weighted by molar-refractivity contribution is -0.138. The molecule has 5 rings (SSSR count). The normalized spacial score (nSPS) is 41.9. The highest BCUT2D eigenvalue weighted by atomic mass is 16.5. The Labute approximate surface area is 119 Å². The van der Waals surface area contributed by atoms with Gasteiger partial charge in [-0.05, 0) is 36.5 Å². The predicted octanol–water partition coefficient (Wildman–Crippen LogP) is 1.61. The molecule has 2 aliphatic heterocycles. The molecule has 0 aromatic rings. The lowest BCUT2D eigenvalue weighted by Crippen LogP contribution is -2.35. The zero-order valence-electron chi connectivity index (χ0n) is 11.7. The average molecular weight is 275 g/mol. The Bertz CT molecular complexity index is 450. The summed E-state index contributed by atoms with van der Waals surface area (Å²) in [7, 11) is 0. The van der Waals surface area contributed by atoms with Crippen molar-refractivity contribution < 1.29 is 14.3 Å². The Morgan fingerprint density at radius 1 is 1.20 bits per heavy atom. The van der Waals surface area contributed by atoms with E-state index >= 15 is 0 Å². The van der Waals surface area contributed by atoms with E-state index in [1.807, 2.05) is 0 Å². The smallest absolute Gasteiger partial charge is 0.306 e. The van der Waals surface area contributed by atoms with Gasteiger partial charge in [0.1, 0.15) is 0 Å². The van der Waals surface area contributed by atoms with Crippen LogP contribution in [0.15, 0.2) is 12.2 Å². The molecule has 4 nitrogen and oxygen atoms in total. The largest absolute Gasteiger partial charge is 0.465 e. The van der Waals surface area contributed by atoms with Crippen LogP contribution in [0.1, 0.15) is 25.7 Å². The summed E-state index contributed by atoms with van der Waals surface area (Å²) in [4.78, 5) is 25.6. The molecule has 108 valence electrons. The number of nitrogens with zero attached hydrogens (tertiary/aromatic N) is 1. The van der Waals surface area contributed by atoms with Gasteiger partial charge in [0.15, 0.2) is 0 Å². The van der Waals surface area contributed by atoms with E-state index in [1.165, 1.54) is 12.8 Å². The SMILES string of the molecule is O=C1C[C@@H](CC(=O)N2C[C@@H]3[C@H](C2)[C@H]2C=C[C@H]3CC2)CO1. The third-order valence-corrected chi connectivity index (χ3v) is 5.70. The van der Waals surface area contributed by atoms with E-state index in [0.717, 1.165) is 13.1 Å². The second-order valence-corrected chi connectivity index (χ2v) is 6.87. The van der Waals surface area contributed by atoms with Gasteiger partial charge in [0.2, 0.25) is 5.91 Å². The number of carbonyl (C=O) groups excluding carboxylic acids is 2. The highest BCUT2D eigenvalue weighted by Gasteiger charge is 2.47. The maximum atomic E-state index is 12.4. The van der Waals surface area contributed by atoms with E-state index in [2.05, 4.69) is 17.1 Å². The molecule has 5 atom stereocenters. The molecule has 0 unspecified atom stereocenters. The molecule has 3 aliphatic carbocycles.